The number of hydrogen-bond acceptors (Lipinski definition) is 2. The van der Waals surface area contributed by atoms with E-state index in [1.54, 1.807) is 6.07 Å². The second-order valence-corrected chi connectivity index (χ2v) is 4.11. The fourth-order valence-corrected chi connectivity index (χ4v) is 1.75. The smallest absolute Gasteiger partial charge is 0.142 e. The largest absolute Gasteiger partial charge is 0.325 e. The van der Waals surface area contributed by atoms with Gasteiger partial charge in [0.2, 0.25) is 0 Å². The molecule has 76 valence electrons. The van der Waals surface area contributed by atoms with E-state index in [-0.39, 0.29) is 16.9 Å². The van der Waals surface area contributed by atoms with E-state index < -0.39 is 0 Å². The molecule has 0 unspecified atom stereocenters. The van der Waals surface area contributed by atoms with E-state index in [4.69, 9.17) is 17.3 Å². The van der Waals surface area contributed by atoms with E-state index in [1.807, 2.05) is 6.07 Å². The van der Waals surface area contributed by atoms with Crippen LogP contribution in [0.4, 0.5) is 4.39 Å². The third kappa shape index (κ3) is 2.05. The highest BCUT2D eigenvalue weighted by Crippen LogP contribution is 2.18. The summed E-state index contributed by atoms with van der Waals surface area (Å²) in [6.07, 6.45) is 0. The molecule has 1 aliphatic rings. The average Bonchev–Trinajstić information content (AvgIpc) is 2.09. The molecule has 1 heterocycles. The van der Waals surface area contributed by atoms with Crippen molar-refractivity contribution in [3.8, 4) is 0 Å². The van der Waals surface area contributed by atoms with Crippen LogP contribution >= 0.6 is 11.6 Å². The number of halogens is 2. The van der Waals surface area contributed by atoms with Gasteiger partial charge in [-0.25, -0.2) is 4.39 Å². The molecular formula is C10H12ClFN2. The van der Waals surface area contributed by atoms with Gasteiger partial charge in [0.1, 0.15) is 5.82 Å². The lowest BCUT2D eigenvalue weighted by atomic mass is 10.1. The second-order valence-electron chi connectivity index (χ2n) is 3.70. The molecule has 4 heteroatoms. The number of likely N-dealkylation sites (tertiary alicyclic amines) is 1. The molecule has 1 aromatic carbocycles. The first-order valence-electron chi connectivity index (χ1n) is 4.57. The first-order chi connectivity index (χ1) is 6.65. The van der Waals surface area contributed by atoms with E-state index >= 15 is 0 Å². The molecule has 0 radical (unpaired) electrons. The summed E-state index contributed by atoms with van der Waals surface area (Å²) in [6.45, 7) is 2.54. The molecule has 2 N–H and O–H groups in total. The molecule has 2 rings (SSSR count). The average molecular weight is 215 g/mol. The normalized spacial score (nSPS) is 18.2. The van der Waals surface area contributed by atoms with Crippen molar-refractivity contribution in [2.24, 2.45) is 5.73 Å². The molecule has 2 nitrogen and oxygen atoms in total. The molecule has 1 aromatic rings. The lowest BCUT2D eigenvalue weighted by Crippen LogP contribution is -2.54. The summed E-state index contributed by atoms with van der Waals surface area (Å²) in [5, 5.41) is 0.175. The summed E-state index contributed by atoms with van der Waals surface area (Å²) in [4.78, 5) is 2.17. The highest BCUT2D eigenvalue weighted by atomic mass is 35.5. The zero-order valence-corrected chi connectivity index (χ0v) is 8.47. The van der Waals surface area contributed by atoms with Gasteiger partial charge in [-0.05, 0) is 17.7 Å². The van der Waals surface area contributed by atoms with Crippen LogP contribution < -0.4 is 5.73 Å². The minimum Gasteiger partial charge on any atom is -0.325 e. The Labute approximate surface area is 87.5 Å². The number of nitrogens with zero attached hydrogens (tertiary/aromatic N) is 1. The maximum atomic E-state index is 13.1. The highest BCUT2D eigenvalue weighted by molar-refractivity contribution is 6.30. The predicted octanol–water partition coefficient (Wildman–Crippen LogP) is 1.62. The van der Waals surface area contributed by atoms with Crippen molar-refractivity contribution < 1.29 is 4.39 Å². The molecular weight excluding hydrogens is 203 g/mol. The van der Waals surface area contributed by atoms with Gasteiger partial charge in [-0.2, -0.15) is 0 Å². The van der Waals surface area contributed by atoms with Crippen molar-refractivity contribution in [1.29, 1.82) is 0 Å². The molecule has 0 aromatic heterocycles. The van der Waals surface area contributed by atoms with Crippen molar-refractivity contribution in [2.45, 2.75) is 12.6 Å². The molecule has 0 atom stereocenters. The Bertz CT molecular complexity index is 337. The van der Waals surface area contributed by atoms with Crippen molar-refractivity contribution in [2.75, 3.05) is 13.1 Å². The Balaban J connectivity index is 2.00. The van der Waals surface area contributed by atoms with Crippen LogP contribution in [0, 0.1) is 5.82 Å². The van der Waals surface area contributed by atoms with Crippen LogP contribution in [0.1, 0.15) is 5.56 Å². The Hall–Kier alpha value is -0.640. The van der Waals surface area contributed by atoms with E-state index in [1.165, 1.54) is 6.07 Å². The van der Waals surface area contributed by atoms with Gasteiger partial charge in [-0.3, -0.25) is 4.90 Å². The summed E-state index contributed by atoms with van der Waals surface area (Å²) in [6, 6.07) is 5.19. The van der Waals surface area contributed by atoms with E-state index in [0.29, 0.717) is 0 Å². The third-order valence-electron chi connectivity index (χ3n) is 2.38. The van der Waals surface area contributed by atoms with Gasteiger partial charge in [-0.1, -0.05) is 17.7 Å². The van der Waals surface area contributed by atoms with Crippen molar-refractivity contribution in [3.63, 3.8) is 0 Å². The van der Waals surface area contributed by atoms with Gasteiger partial charge in [0, 0.05) is 25.7 Å². The minimum atomic E-state index is -0.353. The van der Waals surface area contributed by atoms with Crippen LogP contribution in [0.3, 0.4) is 0 Å². The Morgan fingerprint density at radius 1 is 1.50 bits per heavy atom. The SMILES string of the molecule is NC1CN(Cc2ccc(Cl)c(F)c2)C1. The van der Waals surface area contributed by atoms with Gasteiger partial charge in [0.15, 0.2) is 0 Å². The molecule has 0 aliphatic carbocycles. The van der Waals surface area contributed by atoms with Gasteiger partial charge >= 0.3 is 0 Å². The lowest BCUT2D eigenvalue weighted by molar-refractivity contribution is 0.142. The van der Waals surface area contributed by atoms with Gasteiger partial charge in [0.05, 0.1) is 5.02 Å². The fourth-order valence-electron chi connectivity index (χ4n) is 1.64. The summed E-state index contributed by atoms with van der Waals surface area (Å²) in [5.74, 6) is -0.353. The quantitative estimate of drug-likeness (QED) is 0.811. The van der Waals surface area contributed by atoms with Crippen LogP contribution in [0.15, 0.2) is 18.2 Å². The molecule has 1 fully saturated rings. The first-order valence-corrected chi connectivity index (χ1v) is 4.95. The van der Waals surface area contributed by atoms with Gasteiger partial charge in [0.25, 0.3) is 0 Å². The summed E-state index contributed by atoms with van der Waals surface area (Å²) < 4.78 is 13.1. The lowest BCUT2D eigenvalue weighted by Gasteiger charge is -2.36. The Kier molecular flexibility index (Phi) is 2.72. The number of hydrogen-bond donors (Lipinski definition) is 1. The van der Waals surface area contributed by atoms with Crippen molar-refractivity contribution in [1.82, 2.24) is 4.90 Å². The summed E-state index contributed by atoms with van der Waals surface area (Å²) >= 11 is 5.58. The zero-order valence-electron chi connectivity index (χ0n) is 7.71. The molecule has 14 heavy (non-hydrogen) atoms. The molecule has 0 bridgehead atoms. The zero-order chi connectivity index (χ0) is 10.1. The maximum absolute atomic E-state index is 13.1. The summed E-state index contributed by atoms with van der Waals surface area (Å²) in [5.41, 5.74) is 6.58. The topological polar surface area (TPSA) is 29.3 Å². The fraction of sp³-hybridized carbons (Fsp3) is 0.400. The standard InChI is InChI=1S/C10H12ClFN2/c11-9-2-1-7(3-10(9)12)4-14-5-8(13)6-14/h1-3,8H,4-6,13H2. The molecule has 0 amide bonds. The molecule has 1 saturated heterocycles. The van der Waals surface area contributed by atoms with Crippen LogP contribution in [-0.4, -0.2) is 24.0 Å². The predicted molar refractivity (Wildman–Crippen MR) is 54.7 cm³/mol. The maximum Gasteiger partial charge on any atom is 0.142 e. The molecule has 1 aliphatic heterocycles. The van der Waals surface area contributed by atoms with Crippen LogP contribution in [0.2, 0.25) is 5.02 Å². The Morgan fingerprint density at radius 2 is 2.21 bits per heavy atom. The first kappa shape index (κ1) is 9.90. The van der Waals surface area contributed by atoms with Crippen molar-refractivity contribution >= 4 is 11.6 Å². The highest BCUT2D eigenvalue weighted by Gasteiger charge is 2.22. The molecule has 0 saturated carbocycles. The number of rotatable bonds is 2. The minimum absolute atomic E-state index is 0.175. The van der Waals surface area contributed by atoms with Crippen LogP contribution in [-0.2, 0) is 6.54 Å². The number of benzene rings is 1. The Morgan fingerprint density at radius 3 is 2.79 bits per heavy atom. The number of nitrogens with two attached hydrogens (primary N) is 1. The van der Waals surface area contributed by atoms with Crippen LogP contribution in [0.5, 0.6) is 0 Å². The van der Waals surface area contributed by atoms with Gasteiger partial charge < -0.3 is 5.73 Å². The second kappa shape index (κ2) is 3.85. The molecule has 0 spiro atoms. The van der Waals surface area contributed by atoms with E-state index in [2.05, 4.69) is 4.90 Å². The van der Waals surface area contributed by atoms with Crippen molar-refractivity contribution in [3.05, 3.63) is 34.6 Å². The van der Waals surface area contributed by atoms with E-state index in [0.717, 1.165) is 25.2 Å². The van der Waals surface area contributed by atoms with Gasteiger partial charge in [-0.15, -0.1) is 0 Å². The van der Waals surface area contributed by atoms with Crippen LogP contribution in [0.25, 0.3) is 0 Å². The van der Waals surface area contributed by atoms with E-state index in [9.17, 15) is 4.39 Å². The third-order valence-corrected chi connectivity index (χ3v) is 2.68. The summed E-state index contributed by atoms with van der Waals surface area (Å²) in [7, 11) is 0. The monoisotopic (exact) mass is 214 g/mol.